The summed E-state index contributed by atoms with van der Waals surface area (Å²) < 4.78 is 0. The summed E-state index contributed by atoms with van der Waals surface area (Å²) in [6, 6.07) is 8.26. The summed E-state index contributed by atoms with van der Waals surface area (Å²) in [5, 5.41) is 0. The number of anilines is 1. The number of fused-ring (bicyclic) bond motifs is 3. The lowest BCUT2D eigenvalue weighted by Crippen LogP contribution is -2.73. The molecule has 1 aromatic rings. The first-order chi connectivity index (χ1) is 11.2. The molecule has 23 heavy (non-hydrogen) atoms. The Morgan fingerprint density at radius 2 is 2.00 bits per heavy atom. The summed E-state index contributed by atoms with van der Waals surface area (Å²) in [6.07, 6.45) is 5.31. The van der Waals surface area contributed by atoms with Gasteiger partial charge >= 0.3 is 0 Å². The molecule has 3 fully saturated rings. The molecule has 4 heterocycles. The molecule has 0 bridgehead atoms. The zero-order valence-corrected chi connectivity index (χ0v) is 13.5. The number of hydrogen-bond donors (Lipinski definition) is 0. The molecular weight excluding hydrogens is 288 g/mol. The van der Waals surface area contributed by atoms with Crippen LogP contribution >= 0.6 is 0 Å². The molecule has 1 spiro atoms. The molecule has 0 N–H and O–H groups in total. The van der Waals surface area contributed by atoms with Crippen LogP contribution in [0.4, 0.5) is 5.69 Å². The number of carbonyl (C=O) groups excluding carboxylic acids is 2. The lowest BCUT2D eigenvalue weighted by molar-refractivity contribution is -0.150. The van der Waals surface area contributed by atoms with Crippen molar-refractivity contribution in [3.05, 3.63) is 29.8 Å². The summed E-state index contributed by atoms with van der Waals surface area (Å²) in [5.41, 5.74) is 1.89. The lowest BCUT2D eigenvalue weighted by atomic mass is 9.59. The SMILES string of the molecule is CCC12CCCN3C(=O)CC4c5ccccc5N(C(=O)CC1)C432. The third-order valence-electron chi connectivity index (χ3n) is 7.03. The van der Waals surface area contributed by atoms with Crippen LogP contribution in [0.15, 0.2) is 24.3 Å². The van der Waals surface area contributed by atoms with Gasteiger partial charge in [0.1, 0.15) is 5.66 Å². The van der Waals surface area contributed by atoms with Crippen LogP contribution in [-0.4, -0.2) is 28.9 Å². The minimum absolute atomic E-state index is 0.0506. The Morgan fingerprint density at radius 3 is 2.83 bits per heavy atom. The number of amides is 2. The fraction of sp³-hybridized carbons (Fsp3) is 0.579. The molecule has 4 aliphatic heterocycles. The van der Waals surface area contributed by atoms with Gasteiger partial charge in [-0.1, -0.05) is 25.1 Å². The van der Waals surface area contributed by atoms with Crippen molar-refractivity contribution >= 4 is 17.5 Å². The van der Waals surface area contributed by atoms with E-state index in [9.17, 15) is 9.59 Å². The number of carbonyl (C=O) groups is 2. The van der Waals surface area contributed by atoms with Crippen molar-refractivity contribution in [1.29, 1.82) is 0 Å². The second-order valence-electron chi connectivity index (χ2n) is 7.55. The second-order valence-corrected chi connectivity index (χ2v) is 7.55. The maximum absolute atomic E-state index is 13.0. The van der Waals surface area contributed by atoms with Gasteiger partial charge in [-0.2, -0.15) is 0 Å². The van der Waals surface area contributed by atoms with Gasteiger partial charge in [-0.05, 0) is 37.3 Å². The molecule has 1 aromatic carbocycles. The third-order valence-corrected chi connectivity index (χ3v) is 7.03. The maximum Gasteiger partial charge on any atom is 0.228 e. The van der Waals surface area contributed by atoms with Crippen LogP contribution in [0.2, 0.25) is 0 Å². The van der Waals surface area contributed by atoms with Crippen LogP contribution in [0.3, 0.4) is 0 Å². The summed E-state index contributed by atoms with van der Waals surface area (Å²) in [7, 11) is 0. The van der Waals surface area contributed by atoms with Crippen molar-refractivity contribution in [2.45, 2.75) is 57.0 Å². The van der Waals surface area contributed by atoms with E-state index in [0.717, 1.165) is 37.9 Å². The zero-order chi connectivity index (χ0) is 15.8. The molecule has 0 aliphatic carbocycles. The summed E-state index contributed by atoms with van der Waals surface area (Å²) in [4.78, 5) is 29.9. The Hall–Kier alpha value is -1.84. The average Bonchev–Trinajstić information content (AvgIpc) is 3.02. The van der Waals surface area contributed by atoms with E-state index >= 15 is 0 Å². The number of nitrogens with zero attached hydrogens (tertiary/aromatic N) is 2. The first-order valence-electron chi connectivity index (χ1n) is 8.88. The highest BCUT2D eigenvalue weighted by atomic mass is 16.2. The molecule has 4 nitrogen and oxygen atoms in total. The van der Waals surface area contributed by atoms with Gasteiger partial charge < -0.3 is 4.90 Å². The molecule has 0 radical (unpaired) electrons. The molecule has 3 saturated heterocycles. The average molecular weight is 310 g/mol. The van der Waals surface area contributed by atoms with E-state index in [1.54, 1.807) is 0 Å². The predicted octanol–water partition coefficient (Wildman–Crippen LogP) is 3.03. The minimum atomic E-state index is -0.421. The maximum atomic E-state index is 13.0. The highest BCUT2D eigenvalue weighted by molar-refractivity contribution is 6.02. The normalized spacial score (nSPS) is 37.7. The van der Waals surface area contributed by atoms with Gasteiger partial charge in [0.15, 0.2) is 0 Å². The predicted molar refractivity (Wildman–Crippen MR) is 86.9 cm³/mol. The van der Waals surface area contributed by atoms with Gasteiger partial charge in [0.05, 0.1) is 0 Å². The van der Waals surface area contributed by atoms with Crippen molar-refractivity contribution < 1.29 is 9.59 Å². The van der Waals surface area contributed by atoms with Gasteiger partial charge in [0.2, 0.25) is 11.8 Å². The van der Waals surface area contributed by atoms with Gasteiger partial charge in [-0.3, -0.25) is 14.5 Å². The van der Waals surface area contributed by atoms with Crippen molar-refractivity contribution in [3.8, 4) is 0 Å². The quantitative estimate of drug-likeness (QED) is 0.800. The van der Waals surface area contributed by atoms with E-state index in [0.29, 0.717) is 12.8 Å². The van der Waals surface area contributed by atoms with Crippen LogP contribution < -0.4 is 4.90 Å². The van der Waals surface area contributed by atoms with E-state index in [-0.39, 0.29) is 23.1 Å². The summed E-state index contributed by atoms with van der Waals surface area (Å²) >= 11 is 0. The second kappa shape index (κ2) is 4.16. The molecule has 4 heteroatoms. The van der Waals surface area contributed by atoms with Crippen LogP contribution in [0, 0.1) is 5.41 Å². The number of hydrogen-bond acceptors (Lipinski definition) is 2. The van der Waals surface area contributed by atoms with Crippen LogP contribution in [-0.2, 0) is 9.59 Å². The standard InChI is InChI=1S/C19H22N2O2/c1-2-18-9-5-11-20-17(23)12-14-13-6-3-4-7-15(13)21(19(14,18)20)16(22)8-10-18/h3-4,6-7,14H,2,5,8-12H2,1H3. The number of piperidine rings is 2. The Morgan fingerprint density at radius 1 is 1.17 bits per heavy atom. The zero-order valence-electron chi connectivity index (χ0n) is 13.5. The molecular formula is C19H22N2O2. The molecule has 120 valence electrons. The summed E-state index contributed by atoms with van der Waals surface area (Å²) in [5.74, 6) is 0.586. The van der Waals surface area contributed by atoms with Crippen LogP contribution in [0.25, 0.3) is 0 Å². The van der Waals surface area contributed by atoms with E-state index in [1.807, 2.05) is 17.0 Å². The highest BCUT2D eigenvalue weighted by Crippen LogP contribution is 2.68. The first kappa shape index (κ1) is 13.6. The fourth-order valence-corrected chi connectivity index (χ4v) is 6.23. The smallest absolute Gasteiger partial charge is 0.228 e. The topological polar surface area (TPSA) is 40.6 Å². The monoisotopic (exact) mass is 310 g/mol. The fourth-order valence-electron chi connectivity index (χ4n) is 6.23. The van der Waals surface area contributed by atoms with Gasteiger partial charge in [-0.15, -0.1) is 0 Å². The Kier molecular flexibility index (Phi) is 2.46. The van der Waals surface area contributed by atoms with E-state index in [2.05, 4.69) is 24.0 Å². The molecule has 3 unspecified atom stereocenters. The van der Waals surface area contributed by atoms with Crippen molar-refractivity contribution in [2.24, 2.45) is 5.41 Å². The Bertz CT molecular complexity index is 730. The number of para-hydroxylation sites is 1. The van der Waals surface area contributed by atoms with Crippen molar-refractivity contribution in [2.75, 3.05) is 11.4 Å². The number of benzene rings is 1. The van der Waals surface area contributed by atoms with E-state index in [4.69, 9.17) is 0 Å². The Labute approximate surface area is 136 Å². The molecule has 0 saturated carbocycles. The van der Waals surface area contributed by atoms with Crippen LogP contribution in [0.5, 0.6) is 0 Å². The molecule has 4 aliphatic rings. The van der Waals surface area contributed by atoms with Gasteiger partial charge in [0.25, 0.3) is 0 Å². The van der Waals surface area contributed by atoms with Crippen LogP contribution in [0.1, 0.15) is 56.9 Å². The Balaban J connectivity index is 1.85. The first-order valence-corrected chi connectivity index (χ1v) is 8.88. The van der Waals surface area contributed by atoms with E-state index in [1.165, 1.54) is 5.56 Å². The van der Waals surface area contributed by atoms with Gasteiger partial charge in [-0.25, -0.2) is 0 Å². The third kappa shape index (κ3) is 1.28. The van der Waals surface area contributed by atoms with E-state index < -0.39 is 5.66 Å². The lowest BCUT2D eigenvalue weighted by Gasteiger charge is -2.62. The highest BCUT2D eigenvalue weighted by Gasteiger charge is 2.73. The summed E-state index contributed by atoms with van der Waals surface area (Å²) in [6.45, 7) is 3.05. The molecule has 0 aromatic heterocycles. The molecule has 2 amide bonds. The minimum Gasteiger partial charge on any atom is -0.318 e. The molecule has 5 rings (SSSR count). The number of rotatable bonds is 1. The van der Waals surface area contributed by atoms with Gasteiger partial charge in [0, 0.05) is 36.4 Å². The largest absolute Gasteiger partial charge is 0.318 e. The van der Waals surface area contributed by atoms with Crippen molar-refractivity contribution in [1.82, 2.24) is 4.90 Å². The molecule has 3 atom stereocenters. The van der Waals surface area contributed by atoms with Crippen molar-refractivity contribution in [3.63, 3.8) is 0 Å².